The Balaban J connectivity index is 1.75. The number of rotatable bonds is 5. The number of hydrogen-bond donors (Lipinski definition) is 0. The maximum atomic E-state index is 12.6. The second-order valence-electron chi connectivity index (χ2n) is 5.87. The maximum absolute atomic E-state index is 12.6. The van der Waals surface area contributed by atoms with Crippen molar-refractivity contribution in [1.29, 1.82) is 0 Å². The average molecular weight is 365 g/mol. The van der Waals surface area contributed by atoms with Gasteiger partial charge in [-0.05, 0) is 24.1 Å². The van der Waals surface area contributed by atoms with Gasteiger partial charge in [0.05, 0.1) is 15.9 Å². The molecule has 0 N–H and O–H groups in total. The molecule has 24 heavy (non-hydrogen) atoms. The predicted octanol–water partition coefficient (Wildman–Crippen LogP) is 2.06. The van der Waals surface area contributed by atoms with Crippen LogP contribution < -0.4 is 0 Å². The van der Waals surface area contributed by atoms with E-state index in [1.54, 1.807) is 54.6 Å². The Hall–Kier alpha value is -1.70. The van der Waals surface area contributed by atoms with E-state index in [2.05, 4.69) is 0 Å². The van der Waals surface area contributed by atoms with Gasteiger partial charge in [-0.15, -0.1) is 0 Å². The first kappa shape index (κ1) is 17.1. The van der Waals surface area contributed by atoms with Gasteiger partial charge in [-0.3, -0.25) is 0 Å². The molecule has 0 aromatic heterocycles. The van der Waals surface area contributed by atoms with E-state index in [1.807, 2.05) is 6.07 Å². The maximum Gasteiger partial charge on any atom is 0.218 e. The van der Waals surface area contributed by atoms with Crippen molar-refractivity contribution in [2.45, 2.75) is 22.3 Å². The summed E-state index contributed by atoms with van der Waals surface area (Å²) in [6, 6.07) is 17.1. The third-order valence-corrected chi connectivity index (χ3v) is 8.21. The standard InChI is InChI=1S/C17H19NO4S2/c19-23(20,14-15-7-3-1-4-8-15)18-12-11-17(13-18)24(21,22)16-9-5-2-6-10-16/h1-10,17H,11-14H2. The summed E-state index contributed by atoms with van der Waals surface area (Å²) in [5.41, 5.74) is 0.701. The Labute approximate surface area is 142 Å². The molecule has 0 bridgehead atoms. The highest BCUT2D eigenvalue weighted by molar-refractivity contribution is 7.92. The summed E-state index contributed by atoms with van der Waals surface area (Å²) in [5, 5.41) is -0.689. The molecule has 0 radical (unpaired) electrons. The Bertz CT molecular complexity index is 894. The van der Waals surface area contributed by atoms with Gasteiger partial charge in [0.15, 0.2) is 9.84 Å². The average Bonchev–Trinajstić information content (AvgIpc) is 3.08. The SMILES string of the molecule is O=S(=O)(c1ccccc1)C1CCN(S(=O)(=O)Cc2ccccc2)C1. The lowest BCUT2D eigenvalue weighted by atomic mass is 10.2. The second-order valence-corrected chi connectivity index (χ2v) is 10.1. The molecule has 3 rings (SSSR count). The predicted molar refractivity (Wildman–Crippen MR) is 92.7 cm³/mol. The van der Waals surface area contributed by atoms with E-state index in [1.165, 1.54) is 4.31 Å². The fourth-order valence-corrected chi connectivity index (χ4v) is 6.28. The largest absolute Gasteiger partial charge is 0.223 e. The normalized spacial score (nSPS) is 19.4. The topological polar surface area (TPSA) is 71.5 Å². The van der Waals surface area contributed by atoms with Crippen LogP contribution in [0.15, 0.2) is 65.6 Å². The lowest BCUT2D eigenvalue weighted by molar-refractivity contribution is 0.475. The summed E-state index contributed by atoms with van der Waals surface area (Å²) in [4.78, 5) is 0.248. The van der Waals surface area contributed by atoms with Crippen molar-refractivity contribution in [3.05, 3.63) is 66.2 Å². The first-order valence-corrected chi connectivity index (χ1v) is 10.9. The lowest BCUT2D eigenvalue weighted by Gasteiger charge is -2.17. The molecule has 1 aliphatic heterocycles. The molecular weight excluding hydrogens is 346 g/mol. The van der Waals surface area contributed by atoms with E-state index in [9.17, 15) is 16.8 Å². The molecule has 0 aliphatic carbocycles. The molecule has 0 saturated carbocycles. The van der Waals surface area contributed by atoms with Gasteiger partial charge in [0.2, 0.25) is 10.0 Å². The zero-order chi connectivity index (χ0) is 17.2. The second kappa shape index (κ2) is 6.66. The van der Waals surface area contributed by atoms with Crippen molar-refractivity contribution in [2.75, 3.05) is 13.1 Å². The van der Waals surface area contributed by atoms with Crippen LogP contribution >= 0.6 is 0 Å². The number of nitrogens with zero attached hydrogens (tertiary/aromatic N) is 1. The summed E-state index contributed by atoms with van der Waals surface area (Å²) in [6.45, 7) is 0.262. The van der Waals surface area contributed by atoms with E-state index < -0.39 is 25.1 Å². The van der Waals surface area contributed by atoms with Gasteiger partial charge in [0.1, 0.15) is 0 Å². The van der Waals surface area contributed by atoms with Gasteiger partial charge < -0.3 is 0 Å². The highest BCUT2D eigenvalue weighted by Gasteiger charge is 2.38. The summed E-state index contributed by atoms with van der Waals surface area (Å²) in [6.07, 6.45) is 0.325. The first-order chi connectivity index (χ1) is 11.4. The van der Waals surface area contributed by atoms with Gasteiger partial charge >= 0.3 is 0 Å². The van der Waals surface area contributed by atoms with Crippen LogP contribution in [-0.2, 0) is 25.6 Å². The number of sulfonamides is 1. The minimum atomic E-state index is -3.52. The van der Waals surface area contributed by atoms with E-state index in [0.717, 1.165) is 0 Å². The van der Waals surface area contributed by atoms with Crippen molar-refractivity contribution in [1.82, 2.24) is 4.31 Å². The van der Waals surface area contributed by atoms with Crippen molar-refractivity contribution in [2.24, 2.45) is 0 Å². The van der Waals surface area contributed by atoms with Crippen LogP contribution in [0.5, 0.6) is 0 Å². The van der Waals surface area contributed by atoms with Crippen LogP contribution in [0.3, 0.4) is 0 Å². The van der Waals surface area contributed by atoms with Crippen LogP contribution in [-0.4, -0.2) is 39.5 Å². The fourth-order valence-electron chi connectivity index (χ4n) is 2.88. The fraction of sp³-hybridized carbons (Fsp3) is 0.294. The summed E-state index contributed by atoms with van der Waals surface area (Å²) in [7, 11) is -7.03. The minimum Gasteiger partial charge on any atom is -0.223 e. The molecule has 128 valence electrons. The highest BCUT2D eigenvalue weighted by atomic mass is 32.2. The van der Waals surface area contributed by atoms with Crippen LogP contribution in [0.25, 0.3) is 0 Å². The Morgan fingerprint density at radius 2 is 1.46 bits per heavy atom. The molecule has 1 saturated heterocycles. The lowest BCUT2D eigenvalue weighted by Crippen LogP contribution is -2.32. The molecule has 1 fully saturated rings. The van der Waals surface area contributed by atoms with E-state index in [0.29, 0.717) is 12.0 Å². The Morgan fingerprint density at radius 1 is 0.875 bits per heavy atom. The third kappa shape index (κ3) is 3.53. The molecule has 1 atom stereocenters. The van der Waals surface area contributed by atoms with Crippen LogP contribution in [0, 0.1) is 0 Å². The van der Waals surface area contributed by atoms with Gasteiger partial charge in [0, 0.05) is 13.1 Å². The van der Waals surface area contributed by atoms with Crippen molar-refractivity contribution >= 4 is 19.9 Å². The van der Waals surface area contributed by atoms with E-state index in [4.69, 9.17) is 0 Å². The van der Waals surface area contributed by atoms with Gasteiger partial charge in [-0.1, -0.05) is 48.5 Å². The molecule has 1 heterocycles. The number of sulfone groups is 1. The van der Waals surface area contributed by atoms with Crippen molar-refractivity contribution in [3.8, 4) is 0 Å². The summed E-state index contributed by atoms with van der Waals surface area (Å²) in [5.74, 6) is -0.105. The molecule has 0 amide bonds. The number of benzene rings is 2. The van der Waals surface area contributed by atoms with E-state index >= 15 is 0 Å². The smallest absolute Gasteiger partial charge is 0.218 e. The Kier molecular flexibility index (Phi) is 4.76. The zero-order valence-corrected chi connectivity index (χ0v) is 14.7. The summed E-state index contributed by atoms with van der Waals surface area (Å²) < 4.78 is 51.7. The third-order valence-electron chi connectivity index (χ3n) is 4.20. The highest BCUT2D eigenvalue weighted by Crippen LogP contribution is 2.26. The van der Waals surface area contributed by atoms with Gasteiger partial charge in [-0.25, -0.2) is 21.1 Å². The van der Waals surface area contributed by atoms with Crippen molar-refractivity contribution in [3.63, 3.8) is 0 Å². The van der Waals surface area contributed by atoms with Crippen LogP contribution in [0.1, 0.15) is 12.0 Å². The Morgan fingerprint density at radius 3 is 2.08 bits per heavy atom. The molecule has 7 heteroatoms. The molecule has 5 nitrogen and oxygen atoms in total. The van der Waals surface area contributed by atoms with Gasteiger partial charge in [0.25, 0.3) is 0 Å². The zero-order valence-electron chi connectivity index (χ0n) is 13.1. The molecule has 2 aromatic rings. The van der Waals surface area contributed by atoms with E-state index in [-0.39, 0.29) is 23.7 Å². The van der Waals surface area contributed by atoms with Crippen LogP contribution in [0.4, 0.5) is 0 Å². The summed E-state index contributed by atoms with van der Waals surface area (Å²) >= 11 is 0. The molecule has 0 spiro atoms. The molecular formula is C17H19NO4S2. The quantitative estimate of drug-likeness (QED) is 0.813. The molecule has 2 aromatic carbocycles. The molecule has 1 unspecified atom stereocenters. The van der Waals surface area contributed by atoms with Crippen LogP contribution in [0.2, 0.25) is 0 Å². The minimum absolute atomic E-state index is 0.0202. The van der Waals surface area contributed by atoms with Gasteiger partial charge in [-0.2, -0.15) is 0 Å². The molecule has 1 aliphatic rings. The first-order valence-electron chi connectivity index (χ1n) is 7.70. The van der Waals surface area contributed by atoms with Crippen molar-refractivity contribution < 1.29 is 16.8 Å². The monoisotopic (exact) mass is 365 g/mol. The number of hydrogen-bond acceptors (Lipinski definition) is 4.